The standard InChI is InChI=1S/C18H20ClF3N2O2/c1-5-12(6-2)26-17-16(19)24-15(10(3)23-17)13-8-7-11(18(20,21)22)9-14(13)25-4/h7-9,12H,5-6H2,1-4H3. The lowest BCUT2D eigenvalue weighted by molar-refractivity contribution is -0.137. The number of rotatable bonds is 6. The summed E-state index contributed by atoms with van der Waals surface area (Å²) < 4.78 is 49.6. The first kappa shape index (κ1) is 20.3. The van der Waals surface area contributed by atoms with E-state index >= 15 is 0 Å². The van der Waals surface area contributed by atoms with Crippen LogP contribution < -0.4 is 9.47 Å². The third-order valence-corrected chi connectivity index (χ3v) is 4.22. The van der Waals surface area contributed by atoms with E-state index in [0.717, 1.165) is 25.0 Å². The average Bonchev–Trinajstić information content (AvgIpc) is 2.60. The lowest BCUT2D eigenvalue weighted by Crippen LogP contribution is -2.15. The topological polar surface area (TPSA) is 44.2 Å². The number of ether oxygens (including phenoxy) is 2. The van der Waals surface area contributed by atoms with Gasteiger partial charge >= 0.3 is 6.18 Å². The van der Waals surface area contributed by atoms with Gasteiger partial charge in [-0.15, -0.1) is 0 Å². The van der Waals surface area contributed by atoms with Crippen LogP contribution in [0.4, 0.5) is 13.2 Å². The van der Waals surface area contributed by atoms with Gasteiger partial charge in [0.2, 0.25) is 0 Å². The number of hydrogen-bond acceptors (Lipinski definition) is 4. The van der Waals surface area contributed by atoms with Crippen molar-refractivity contribution in [3.63, 3.8) is 0 Å². The Balaban J connectivity index is 2.48. The lowest BCUT2D eigenvalue weighted by atomic mass is 10.1. The largest absolute Gasteiger partial charge is 0.496 e. The quantitative estimate of drug-likeness (QED) is 0.636. The highest BCUT2D eigenvalue weighted by atomic mass is 35.5. The van der Waals surface area contributed by atoms with Crippen molar-refractivity contribution in [2.24, 2.45) is 0 Å². The van der Waals surface area contributed by atoms with Gasteiger partial charge in [0.25, 0.3) is 5.88 Å². The molecule has 1 aromatic heterocycles. The zero-order valence-corrected chi connectivity index (χ0v) is 15.7. The van der Waals surface area contributed by atoms with Gasteiger partial charge in [-0.25, -0.2) is 9.97 Å². The Morgan fingerprint density at radius 3 is 2.35 bits per heavy atom. The van der Waals surface area contributed by atoms with Crippen molar-refractivity contribution in [3.8, 4) is 22.9 Å². The molecule has 0 amide bonds. The second-order valence-corrected chi connectivity index (χ2v) is 6.08. The number of halogens is 4. The van der Waals surface area contributed by atoms with Crippen molar-refractivity contribution in [2.45, 2.75) is 45.9 Å². The van der Waals surface area contributed by atoms with Crippen LogP contribution in [0.5, 0.6) is 11.6 Å². The summed E-state index contributed by atoms with van der Waals surface area (Å²) in [7, 11) is 1.30. The Morgan fingerprint density at radius 2 is 1.81 bits per heavy atom. The molecule has 0 fully saturated rings. The average molecular weight is 389 g/mol. The van der Waals surface area contributed by atoms with Crippen LogP contribution in [0.3, 0.4) is 0 Å². The van der Waals surface area contributed by atoms with E-state index in [1.165, 1.54) is 13.2 Å². The fourth-order valence-electron chi connectivity index (χ4n) is 2.48. The molecule has 0 saturated carbocycles. The smallest absolute Gasteiger partial charge is 0.416 e. The third-order valence-electron chi connectivity index (χ3n) is 3.97. The summed E-state index contributed by atoms with van der Waals surface area (Å²) in [5.74, 6) is 0.259. The molecular formula is C18H20ClF3N2O2. The highest BCUT2D eigenvalue weighted by Gasteiger charge is 2.31. The molecule has 26 heavy (non-hydrogen) atoms. The summed E-state index contributed by atoms with van der Waals surface area (Å²) >= 11 is 6.19. The van der Waals surface area contributed by atoms with Gasteiger partial charge in [-0.3, -0.25) is 0 Å². The molecule has 0 aliphatic heterocycles. The highest BCUT2D eigenvalue weighted by Crippen LogP contribution is 2.38. The molecule has 1 aromatic carbocycles. The van der Waals surface area contributed by atoms with E-state index in [0.29, 0.717) is 17.0 Å². The number of methoxy groups -OCH3 is 1. The summed E-state index contributed by atoms with van der Waals surface area (Å²) in [6.07, 6.45) is -2.91. The van der Waals surface area contributed by atoms with Crippen molar-refractivity contribution in [1.29, 1.82) is 0 Å². The maximum atomic E-state index is 12.9. The lowest BCUT2D eigenvalue weighted by Gasteiger charge is -2.17. The molecule has 0 aliphatic rings. The van der Waals surface area contributed by atoms with E-state index in [9.17, 15) is 13.2 Å². The molecule has 1 heterocycles. The van der Waals surface area contributed by atoms with Gasteiger partial charge in [-0.05, 0) is 38.0 Å². The fraction of sp³-hybridized carbons (Fsp3) is 0.444. The first-order valence-electron chi connectivity index (χ1n) is 8.17. The fourth-order valence-corrected chi connectivity index (χ4v) is 2.66. The van der Waals surface area contributed by atoms with E-state index in [-0.39, 0.29) is 22.9 Å². The zero-order valence-electron chi connectivity index (χ0n) is 14.9. The van der Waals surface area contributed by atoms with E-state index in [4.69, 9.17) is 21.1 Å². The van der Waals surface area contributed by atoms with Gasteiger partial charge in [-0.1, -0.05) is 25.4 Å². The van der Waals surface area contributed by atoms with Crippen LogP contribution in [-0.2, 0) is 6.18 Å². The molecule has 0 saturated heterocycles. The van der Waals surface area contributed by atoms with Gasteiger partial charge in [0.05, 0.1) is 24.1 Å². The molecule has 8 heteroatoms. The SMILES string of the molecule is CCC(CC)Oc1nc(C)c(-c2ccc(C(F)(F)F)cc2OC)nc1Cl. The Labute approximate surface area is 155 Å². The molecule has 4 nitrogen and oxygen atoms in total. The first-order chi connectivity index (χ1) is 12.2. The minimum absolute atomic E-state index is 0.0346. The Kier molecular flexibility index (Phi) is 6.34. The summed E-state index contributed by atoms with van der Waals surface area (Å²) in [6, 6.07) is 3.21. The molecular weight excluding hydrogens is 369 g/mol. The molecule has 0 radical (unpaired) electrons. The highest BCUT2D eigenvalue weighted by molar-refractivity contribution is 6.30. The van der Waals surface area contributed by atoms with Crippen molar-refractivity contribution < 1.29 is 22.6 Å². The molecule has 0 unspecified atom stereocenters. The van der Waals surface area contributed by atoms with Gasteiger partial charge in [0.15, 0.2) is 5.15 Å². The van der Waals surface area contributed by atoms with Gasteiger partial charge in [0, 0.05) is 5.56 Å². The van der Waals surface area contributed by atoms with E-state index < -0.39 is 11.7 Å². The Hall–Kier alpha value is -2.02. The Bertz CT molecular complexity index is 778. The Morgan fingerprint density at radius 1 is 1.15 bits per heavy atom. The molecule has 0 aliphatic carbocycles. The number of benzene rings is 1. The monoisotopic (exact) mass is 388 g/mol. The van der Waals surface area contributed by atoms with Crippen LogP contribution in [0.2, 0.25) is 5.15 Å². The molecule has 142 valence electrons. The van der Waals surface area contributed by atoms with E-state index in [2.05, 4.69) is 9.97 Å². The minimum atomic E-state index is -4.46. The second kappa shape index (κ2) is 8.12. The predicted molar refractivity (Wildman–Crippen MR) is 93.8 cm³/mol. The van der Waals surface area contributed by atoms with Gasteiger partial charge in [-0.2, -0.15) is 13.2 Å². The summed E-state index contributed by atoms with van der Waals surface area (Å²) in [5.41, 5.74) is 0.399. The third kappa shape index (κ3) is 4.38. The van der Waals surface area contributed by atoms with Crippen LogP contribution >= 0.6 is 11.6 Å². The number of hydrogen-bond donors (Lipinski definition) is 0. The van der Waals surface area contributed by atoms with Crippen molar-refractivity contribution in [3.05, 3.63) is 34.6 Å². The molecule has 0 spiro atoms. The predicted octanol–water partition coefficient (Wildman–Crippen LogP) is 5.70. The van der Waals surface area contributed by atoms with Crippen molar-refractivity contribution in [2.75, 3.05) is 7.11 Å². The molecule has 0 bridgehead atoms. The maximum Gasteiger partial charge on any atom is 0.416 e. The number of alkyl halides is 3. The summed E-state index contributed by atoms with van der Waals surface area (Å²) in [4.78, 5) is 8.62. The second-order valence-electron chi connectivity index (χ2n) is 5.72. The number of nitrogens with zero attached hydrogens (tertiary/aromatic N) is 2. The molecule has 0 N–H and O–H groups in total. The van der Waals surface area contributed by atoms with Crippen LogP contribution in [-0.4, -0.2) is 23.2 Å². The van der Waals surface area contributed by atoms with Crippen molar-refractivity contribution >= 4 is 11.6 Å². The molecule has 0 atom stereocenters. The number of aromatic nitrogens is 2. The van der Waals surface area contributed by atoms with E-state index in [1.807, 2.05) is 13.8 Å². The zero-order chi connectivity index (χ0) is 19.5. The van der Waals surface area contributed by atoms with Gasteiger partial charge in [0.1, 0.15) is 11.9 Å². The van der Waals surface area contributed by atoms with Crippen molar-refractivity contribution in [1.82, 2.24) is 9.97 Å². The molecule has 2 aromatic rings. The minimum Gasteiger partial charge on any atom is -0.496 e. The maximum absolute atomic E-state index is 12.9. The van der Waals surface area contributed by atoms with Gasteiger partial charge < -0.3 is 9.47 Å². The first-order valence-corrected chi connectivity index (χ1v) is 8.55. The van der Waals surface area contributed by atoms with Crippen LogP contribution in [0.25, 0.3) is 11.3 Å². The summed E-state index contributed by atoms with van der Waals surface area (Å²) in [6.45, 7) is 5.67. The normalized spacial score (nSPS) is 11.7. The van der Waals surface area contributed by atoms with E-state index in [1.54, 1.807) is 6.92 Å². The summed E-state index contributed by atoms with van der Waals surface area (Å²) in [5, 5.41) is 0.0550. The number of aryl methyl sites for hydroxylation is 1. The van der Waals surface area contributed by atoms with Crippen LogP contribution in [0.15, 0.2) is 18.2 Å². The van der Waals surface area contributed by atoms with Crippen LogP contribution in [0.1, 0.15) is 37.9 Å². The molecule has 2 rings (SSSR count). The van der Waals surface area contributed by atoms with Crippen LogP contribution in [0, 0.1) is 6.92 Å².